The van der Waals surface area contributed by atoms with Crippen molar-refractivity contribution in [2.24, 2.45) is 0 Å². The van der Waals surface area contributed by atoms with Gasteiger partial charge in [0.15, 0.2) is 0 Å². The molecule has 1 unspecified atom stereocenters. The number of aryl methyl sites for hydroxylation is 1. The lowest BCUT2D eigenvalue weighted by molar-refractivity contribution is -0.137. The number of carbonyl (C=O) groups is 1. The van der Waals surface area contributed by atoms with Crippen molar-refractivity contribution in [3.8, 4) is 0 Å². The van der Waals surface area contributed by atoms with Gasteiger partial charge in [0.2, 0.25) is 15.9 Å². The Morgan fingerprint density at radius 2 is 1.70 bits per heavy atom. The van der Waals surface area contributed by atoms with E-state index in [0.29, 0.717) is 5.69 Å². The summed E-state index contributed by atoms with van der Waals surface area (Å²) < 4.78 is 63.2. The average Bonchev–Trinajstić information content (AvgIpc) is 2.53. The van der Waals surface area contributed by atoms with Gasteiger partial charge in [-0.15, -0.1) is 0 Å². The monoisotopic (exact) mass is 400 g/mol. The van der Waals surface area contributed by atoms with Gasteiger partial charge in [-0.2, -0.15) is 13.2 Å². The maximum atomic E-state index is 12.6. The second-order valence-corrected chi connectivity index (χ2v) is 8.00. The summed E-state index contributed by atoms with van der Waals surface area (Å²) >= 11 is 0. The molecule has 0 bridgehead atoms. The van der Waals surface area contributed by atoms with Crippen molar-refractivity contribution < 1.29 is 26.4 Å². The van der Waals surface area contributed by atoms with Crippen LogP contribution in [-0.2, 0) is 21.0 Å². The number of nitrogens with zero attached hydrogens (tertiary/aromatic N) is 1. The van der Waals surface area contributed by atoms with Crippen LogP contribution in [-0.4, -0.2) is 26.6 Å². The van der Waals surface area contributed by atoms with E-state index >= 15 is 0 Å². The van der Waals surface area contributed by atoms with Gasteiger partial charge in [-0.1, -0.05) is 12.1 Å². The molecule has 2 aromatic carbocycles. The van der Waals surface area contributed by atoms with E-state index in [2.05, 4.69) is 5.32 Å². The van der Waals surface area contributed by atoms with Crippen LogP contribution in [0.15, 0.2) is 48.5 Å². The molecule has 0 aliphatic rings. The summed E-state index contributed by atoms with van der Waals surface area (Å²) in [5.74, 6) is -0.665. The summed E-state index contributed by atoms with van der Waals surface area (Å²) in [6.45, 7) is 3.19. The zero-order chi connectivity index (χ0) is 20.4. The van der Waals surface area contributed by atoms with Gasteiger partial charge in [0, 0.05) is 5.69 Å². The number of rotatable bonds is 5. The van der Waals surface area contributed by atoms with E-state index in [9.17, 15) is 26.4 Å². The normalized spacial score (nSPS) is 13.1. The Kier molecular flexibility index (Phi) is 5.84. The highest BCUT2D eigenvalue weighted by Crippen LogP contribution is 2.30. The van der Waals surface area contributed by atoms with E-state index in [1.165, 1.54) is 6.92 Å². The van der Waals surface area contributed by atoms with Crippen LogP contribution < -0.4 is 9.62 Å². The van der Waals surface area contributed by atoms with E-state index in [1.807, 2.05) is 0 Å². The van der Waals surface area contributed by atoms with Crippen LogP contribution in [0.25, 0.3) is 0 Å². The molecular formula is C18H19F3N2O3S. The average molecular weight is 400 g/mol. The van der Waals surface area contributed by atoms with E-state index in [0.717, 1.165) is 40.4 Å². The van der Waals surface area contributed by atoms with Gasteiger partial charge in [0.1, 0.15) is 6.04 Å². The van der Waals surface area contributed by atoms with Crippen molar-refractivity contribution in [2.75, 3.05) is 15.9 Å². The molecule has 0 fully saturated rings. The first-order valence-electron chi connectivity index (χ1n) is 7.94. The molecule has 0 heterocycles. The lowest BCUT2D eigenvalue weighted by Gasteiger charge is -2.28. The lowest BCUT2D eigenvalue weighted by Crippen LogP contribution is -2.45. The number of anilines is 2. The molecule has 0 saturated carbocycles. The maximum absolute atomic E-state index is 12.6. The first kappa shape index (κ1) is 20.8. The topological polar surface area (TPSA) is 66.5 Å². The van der Waals surface area contributed by atoms with Gasteiger partial charge in [-0.3, -0.25) is 9.10 Å². The summed E-state index contributed by atoms with van der Waals surface area (Å²) in [4.78, 5) is 12.5. The fourth-order valence-corrected chi connectivity index (χ4v) is 3.73. The first-order chi connectivity index (χ1) is 12.4. The van der Waals surface area contributed by atoms with Gasteiger partial charge in [0.05, 0.1) is 17.5 Å². The largest absolute Gasteiger partial charge is 0.416 e. The number of carbonyl (C=O) groups excluding carboxylic acids is 1. The minimum absolute atomic E-state index is 0.137. The van der Waals surface area contributed by atoms with E-state index in [4.69, 9.17) is 0 Å². The third-order valence-corrected chi connectivity index (χ3v) is 5.07. The van der Waals surface area contributed by atoms with E-state index in [-0.39, 0.29) is 5.69 Å². The molecule has 146 valence electrons. The van der Waals surface area contributed by atoms with Crippen LogP contribution in [0.4, 0.5) is 24.5 Å². The van der Waals surface area contributed by atoms with Gasteiger partial charge in [0.25, 0.3) is 0 Å². The summed E-state index contributed by atoms with van der Waals surface area (Å²) in [5.41, 5.74) is 0.438. The second kappa shape index (κ2) is 7.59. The number of alkyl halides is 3. The van der Waals surface area contributed by atoms with Crippen molar-refractivity contribution in [3.63, 3.8) is 0 Å². The fourth-order valence-electron chi connectivity index (χ4n) is 2.56. The Hall–Kier alpha value is -2.55. The van der Waals surface area contributed by atoms with Crippen LogP contribution in [0.2, 0.25) is 0 Å². The predicted octanol–water partition coefficient (Wildman–Crippen LogP) is 3.81. The highest BCUT2D eigenvalue weighted by molar-refractivity contribution is 7.92. The summed E-state index contributed by atoms with van der Waals surface area (Å²) in [7, 11) is -3.77. The molecule has 1 atom stereocenters. The molecule has 27 heavy (non-hydrogen) atoms. The number of sulfonamides is 1. The number of nitrogens with one attached hydrogen (secondary N) is 1. The van der Waals surface area contributed by atoms with E-state index < -0.39 is 33.7 Å². The Morgan fingerprint density at radius 3 is 2.19 bits per heavy atom. The molecule has 5 nitrogen and oxygen atoms in total. The Morgan fingerprint density at radius 1 is 1.11 bits per heavy atom. The third-order valence-electron chi connectivity index (χ3n) is 3.82. The van der Waals surface area contributed by atoms with Crippen molar-refractivity contribution in [1.29, 1.82) is 0 Å². The van der Waals surface area contributed by atoms with Crippen molar-refractivity contribution in [1.82, 2.24) is 0 Å². The van der Waals surface area contributed by atoms with Crippen molar-refractivity contribution in [3.05, 3.63) is 59.7 Å². The molecule has 1 N–H and O–H groups in total. The molecule has 0 radical (unpaired) electrons. The third kappa shape index (κ3) is 5.22. The Balaban J connectivity index is 2.25. The first-order valence-corrected chi connectivity index (χ1v) is 9.78. The zero-order valence-electron chi connectivity index (χ0n) is 14.9. The molecular weight excluding hydrogens is 381 g/mol. The van der Waals surface area contributed by atoms with Gasteiger partial charge >= 0.3 is 6.18 Å². The molecule has 0 aromatic heterocycles. The molecule has 0 aliphatic carbocycles. The SMILES string of the molecule is Cc1cccc(N(C(C)C(=O)Nc2ccc(C(F)(F)F)cc2)S(C)(=O)=O)c1. The van der Waals surface area contributed by atoms with Gasteiger partial charge < -0.3 is 5.32 Å². The van der Waals surface area contributed by atoms with Gasteiger partial charge in [-0.05, 0) is 55.8 Å². The van der Waals surface area contributed by atoms with Crippen molar-refractivity contribution >= 4 is 27.3 Å². The van der Waals surface area contributed by atoms with Gasteiger partial charge in [-0.25, -0.2) is 8.42 Å². The Bertz CT molecular complexity index is 926. The smallest absolute Gasteiger partial charge is 0.324 e. The maximum Gasteiger partial charge on any atom is 0.416 e. The minimum atomic E-state index is -4.48. The number of hydrogen-bond acceptors (Lipinski definition) is 3. The standard InChI is InChI=1S/C18H19F3N2O3S/c1-12-5-4-6-16(11-12)23(27(3,25)26)13(2)17(24)22-15-9-7-14(8-10-15)18(19,20)21/h4-11,13H,1-3H3,(H,22,24). The lowest BCUT2D eigenvalue weighted by atomic mass is 10.2. The zero-order valence-corrected chi connectivity index (χ0v) is 15.7. The summed E-state index contributed by atoms with van der Waals surface area (Å²) in [6.07, 6.45) is -3.49. The highest BCUT2D eigenvalue weighted by atomic mass is 32.2. The van der Waals surface area contributed by atoms with Crippen LogP contribution in [0, 0.1) is 6.92 Å². The number of halogens is 3. The van der Waals surface area contributed by atoms with Crippen molar-refractivity contribution in [2.45, 2.75) is 26.1 Å². The fraction of sp³-hybridized carbons (Fsp3) is 0.278. The number of hydrogen-bond donors (Lipinski definition) is 1. The number of amides is 1. The van der Waals surface area contributed by atoms with Crippen LogP contribution >= 0.6 is 0 Å². The quantitative estimate of drug-likeness (QED) is 0.830. The molecule has 0 spiro atoms. The molecule has 0 saturated heterocycles. The van der Waals surface area contributed by atoms with Crippen LogP contribution in [0.3, 0.4) is 0 Å². The van der Waals surface area contributed by atoms with Crippen LogP contribution in [0.5, 0.6) is 0 Å². The predicted molar refractivity (Wildman–Crippen MR) is 98.0 cm³/mol. The molecule has 9 heteroatoms. The van der Waals surface area contributed by atoms with E-state index in [1.54, 1.807) is 31.2 Å². The molecule has 1 amide bonds. The Labute approximate surface area is 155 Å². The minimum Gasteiger partial charge on any atom is -0.324 e. The molecule has 0 aliphatic heterocycles. The number of benzene rings is 2. The molecule has 2 rings (SSSR count). The summed E-state index contributed by atoms with van der Waals surface area (Å²) in [6, 6.07) is 9.46. The summed E-state index contributed by atoms with van der Waals surface area (Å²) in [5, 5.41) is 2.44. The second-order valence-electron chi connectivity index (χ2n) is 6.14. The van der Waals surface area contributed by atoms with Crippen LogP contribution in [0.1, 0.15) is 18.1 Å². The highest BCUT2D eigenvalue weighted by Gasteiger charge is 2.31. The molecule has 2 aromatic rings.